The summed E-state index contributed by atoms with van der Waals surface area (Å²) in [5.74, 6) is 0. The van der Waals surface area contributed by atoms with Gasteiger partial charge in [0, 0.05) is 29.3 Å². The summed E-state index contributed by atoms with van der Waals surface area (Å²) in [5.41, 5.74) is 16.2. The molecule has 6 heteroatoms. The van der Waals surface area contributed by atoms with Crippen molar-refractivity contribution < 1.29 is 13.7 Å². The van der Waals surface area contributed by atoms with Crippen LogP contribution >= 0.6 is 0 Å². The van der Waals surface area contributed by atoms with Crippen LogP contribution in [0.2, 0.25) is 55.9 Å². The molecule has 3 nitrogen and oxygen atoms in total. The molecule has 9 aromatic rings. The summed E-state index contributed by atoms with van der Waals surface area (Å²) >= 11 is 0. The van der Waals surface area contributed by atoms with Gasteiger partial charge in [-0.25, -0.2) is 13.7 Å². The number of nitrogens with zero attached hydrogens (tertiary/aromatic N) is 3. The van der Waals surface area contributed by atoms with E-state index >= 15 is 0 Å². The number of aromatic nitrogens is 3. The van der Waals surface area contributed by atoms with Crippen LogP contribution in [-0.4, -0.2) is 24.2 Å². The van der Waals surface area contributed by atoms with E-state index < -0.39 is 24.2 Å². The Balaban J connectivity index is 0.000000128. The second-order valence-electron chi connectivity index (χ2n) is 24.4. The molecule has 3 aliphatic heterocycles. The molecule has 0 N–H and O–H groups in total. The minimum absolute atomic E-state index is 1.21. The molecule has 0 amide bonds. The lowest BCUT2D eigenvalue weighted by molar-refractivity contribution is -0.659. The van der Waals surface area contributed by atoms with Crippen molar-refractivity contribution in [1.82, 2.24) is 0 Å². The number of pyridine rings is 3. The lowest BCUT2D eigenvalue weighted by atomic mass is 9.95. The fraction of sp³-hybridized carbons (Fsp3) is 0.348. The van der Waals surface area contributed by atoms with Crippen molar-refractivity contribution in [1.29, 1.82) is 0 Å². The lowest BCUT2D eigenvalue weighted by Crippen LogP contribution is -2.41. The van der Waals surface area contributed by atoms with E-state index in [1.54, 1.807) is 15.6 Å². The predicted molar refractivity (Wildman–Crippen MR) is 330 cm³/mol. The lowest BCUT2D eigenvalue weighted by Gasteiger charge is -2.22. The zero-order valence-corrected chi connectivity index (χ0v) is 50.7. The standard InChI is InChI=1S/C24H30NSi.C23H28NSi.C22H26NSi/c1-17-14-18(2)19(3)23(15-17)24-22-9-8-21(26(5)12-6-7-13-26)16-20(22)10-11-25(24)4;1-17-7-8-18(2)22(15-17)23-21-10-9-20(25(4)13-5-6-14-25)16-19(21)11-12-24(23)3;1-17-8-4-5-9-20(17)22-21-11-10-19(24(3)14-6-7-15-24)16-18(21)12-13-23(22)2/h8-11,14-16H,6-7,12-13H2,1-5H3;7-12,15-16H,5-6,13-14H2,1-4H3;4-5,8-13,16H,6-7,14-15H2,1-3H3/q3*+1. The second-order valence-corrected chi connectivity index (χ2v) is 38.5. The van der Waals surface area contributed by atoms with Gasteiger partial charge in [0.05, 0.1) is 45.9 Å². The minimum atomic E-state index is -1.23. The van der Waals surface area contributed by atoms with Crippen LogP contribution < -0.4 is 29.3 Å². The highest BCUT2D eigenvalue weighted by Crippen LogP contribution is 2.36. The van der Waals surface area contributed by atoms with E-state index in [1.807, 2.05) is 0 Å². The van der Waals surface area contributed by atoms with Gasteiger partial charge in [-0.3, -0.25) is 0 Å². The van der Waals surface area contributed by atoms with Crippen LogP contribution in [0, 0.1) is 41.5 Å². The normalized spacial score (nSPS) is 16.5. The van der Waals surface area contributed by atoms with Gasteiger partial charge >= 0.3 is 0 Å². The van der Waals surface area contributed by atoms with E-state index in [2.05, 4.69) is 242 Å². The summed E-state index contributed by atoms with van der Waals surface area (Å²) in [6.07, 6.45) is 15.2. The van der Waals surface area contributed by atoms with Crippen molar-refractivity contribution in [2.24, 2.45) is 21.1 Å². The van der Waals surface area contributed by atoms with Gasteiger partial charge in [0.15, 0.2) is 18.6 Å². The van der Waals surface area contributed by atoms with E-state index in [0.717, 1.165) is 0 Å². The van der Waals surface area contributed by atoms with Crippen LogP contribution in [0.5, 0.6) is 0 Å². The molecule has 3 saturated heterocycles. The highest BCUT2D eigenvalue weighted by Gasteiger charge is 2.36. The first-order valence-electron chi connectivity index (χ1n) is 28.5. The van der Waals surface area contributed by atoms with Gasteiger partial charge in [0.2, 0.25) is 17.1 Å². The molecule has 75 heavy (non-hydrogen) atoms. The van der Waals surface area contributed by atoms with E-state index in [1.165, 1.54) is 174 Å². The van der Waals surface area contributed by atoms with Crippen molar-refractivity contribution in [2.75, 3.05) is 0 Å². The summed E-state index contributed by atoms with van der Waals surface area (Å²) in [4.78, 5) is 0. The maximum absolute atomic E-state index is 2.58. The molecule has 0 saturated carbocycles. The highest BCUT2D eigenvalue weighted by molar-refractivity contribution is 6.92. The Morgan fingerprint density at radius 1 is 0.333 bits per heavy atom. The number of hydrogen-bond donors (Lipinski definition) is 0. The average Bonchev–Trinajstić information content (AvgIpc) is 4.19. The fourth-order valence-electron chi connectivity index (χ4n) is 13.7. The van der Waals surface area contributed by atoms with Gasteiger partial charge in [-0.15, -0.1) is 0 Å². The third-order valence-corrected chi connectivity index (χ3v) is 32.6. The summed E-state index contributed by atoms with van der Waals surface area (Å²) in [7, 11) is 2.84. The fourth-order valence-corrected chi connectivity index (χ4v) is 25.3. The summed E-state index contributed by atoms with van der Waals surface area (Å²) in [6, 6.07) is 57.7. The Morgan fingerprint density at radius 3 is 1.13 bits per heavy atom. The van der Waals surface area contributed by atoms with Crippen molar-refractivity contribution in [2.45, 2.75) is 136 Å². The van der Waals surface area contributed by atoms with Gasteiger partial charge < -0.3 is 0 Å². The molecule has 0 radical (unpaired) electrons. The van der Waals surface area contributed by atoms with Crippen LogP contribution in [0.4, 0.5) is 0 Å². The molecule has 384 valence electrons. The molecular formula is C69H84N3Si3+3. The Kier molecular flexibility index (Phi) is 15.0. The molecule has 0 atom stereocenters. The Labute approximate surface area is 453 Å². The van der Waals surface area contributed by atoms with Crippen molar-refractivity contribution >= 4 is 72.1 Å². The van der Waals surface area contributed by atoms with Crippen molar-refractivity contribution in [3.63, 3.8) is 0 Å². The number of aryl methyl sites for hydroxylation is 8. The van der Waals surface area contributed by atoms with Gasteiger partial charge in [0.1, 0.15) is 21.1 Å². The van der Waals surface area contributed by atoms with E-state index in [4.69, 9.17) is 0 Å². The van der Waals surface area contributed by atoms with E-state index in [9.17, 15) is 0 Å². The van der Waals surface area contributed by atoms with Crippen LogP contribution in [0.25, 0.3) is 66.1 Å². The van der Waals surface area contributed by atoms with Crippen LogP contribution in [0.1, 0.15) is 71.9 Å². The van der Waals surface area contributed by atoms with Crippen LogP contribution in [0.15, 0.2) is 146 Å². The quantitative estimate of drug-likeness (QED) is 0.116. The smallest absolute Gasteiger partial charge is 0.200 e. The van der Waals surface area contributed by atoms with E-state index in [-0.39, 0.29) is 0 Å². The molecule has 0 spiro atoms. The summed E-state index contributed by atoms with van der Waals surface area (Å²) in [5, 5.41) is 13.3. The molecule has 0 aliphatic carbocycles. The van der Waals surface area contributed by atoms with Crippen LogP contribution in [-0.2, 0) is 21.1 Å². The molecule has 0 bridgehead atoms. The molecule has 12 rings (SSSR count). The molecule has 3 aliphatic rings. The predicted octanol–water partition coefficient (Wildman–Crippen LogP) is 15.1. The van der Waals surface area contributed by atoms with Crippen LogP contribution in [0.3, 0.4) is 0 Å². The highest BCUT2D eigenvalue weighted by atomic mass is 28.3. The zero-order valence-electron chi connectivity index (χ0n) is 47.7. The first-order valence-corrected chi connectivity index (χ1v) is 37.2. The Hall–Kier alpha value is -5.80. The monoisotopic (exact) mass is 1040 g/mol. The zero-order chi connectivity index (χ0) is 52.8. The van der Waals surface area contributed by atoms with Gasteiger partial charge in [-0.05, 0) is 116 Å². The summed E-state index contributed by atoms with van der Waals surface area (Å²) < 4.78 is 6.83. The minimum Gasteiger partial charge on any atom is -0.200 e. The van der Waals surface area contributed by atoms with Gasteiger partial charge in [-0.2, -0.15) is 0 Å². The molecule has 0 unspecified atom stereocenters. The first kappa shape index (κ1) is 52.6. The molecule has 3 fully saturated rings. The van der Waals surface area contributed by atoms with Gasteiger partial charge in [0.25, 0.3) is 0 Å². The first-order chi connectivity index (χ1) is 35.9. The largest absolute Gasteiger partial charge is 0.220 e. The molecule has 6 aromatic carbocycles. The van der Waals surface area contributed by atoms with E-state index in [0.29, 0.717) is 0 Å². The average molecular weight is 1040 g/mol. The Morgan fingerprint density at radius 2 is 0.707 bits per heavy atom. The number of benzene rings is 6. The number of fused-ring (bicyclic) bond motifs is 3. The van der Waals surface area contributed by atoms with Crippen molar-refractivity contribution in [3.8, 4) is 33.8 Å². The molecule has 6 heterocycles. The number of rotatable bonds is 6. The third kappa shape index (κ3) is 10.4. The maximum atomic E-state index is 2.58. The topological polar surface area (TPSA) is 11.6 Å². The number of hydrogen-bond acceptors (Lipinski definition) is 0. The van der Waals surface area contributed by atoms with Crippen molar-refractivity contribution in [3.05, 3.63) is 179 Å². The maximum Gasteiger partial charge on any atom is 0.220 e. The summed E-state index contributed by atoms with van der Waals surface area (Å²) in [6.45, 7) is 21.0. The molecular weight excluding hydrogens is 955 g/mol. The second kappa shape index (κ2) is 21.3. The molecule has 3 aromatic heterocycles. The third-order valence-electron chi connectivity index (χ3n) is 18.7. The van der Waals surface area contributed by atoms with Gasteiger partial charge in [-0.1, -0.05) is 194 Å². The SMILES string of the molecule is Cc1cc(C)c(C)c(-c2c3ccc([Si]4(C)CCCC4)cc3cc[n+]2C)c1.Cc1ccc(C)c(-c2c3ccc([Si]4(C)CCCC4)cc3cc[n+]2C)c1.Cc1ccccc1-c1c2ccc([Si]3(C)CCCC3)cc2cc[n+]1C. The Bertz CT molecular complexity index is 3610.